The third-order valence-corrected chi connectivity index (χ3v) is 5.76. The minimum absolute atomic E-state index is 0.000286. The Kier molecular flexibility index (Phi) is 7.94. The molecular formula is C21H27F3N2O6. The van der Waals surface area contributed by atoms with Crippen LogP contribution < -0.4 is 4.74 Å². The van der Waals surface area contributed by atoms with Crippen molar-refractivity contribution in [2.45, 2.75) is 62.5 Å². The van der Waals surface area contributed by atoms with E-state index >= 15 is 0 Å². The van der Waals surface area contributed by atoms with Gasteiger partial charge in [0.05, 0.1) is 18.3 Å². The van der Waals surface area contributed by atoms with E-state index in [2.05, 4.69) is 4.98 Å². The number of halogens is 3. The second kappa shape index (κ2) is 10.5. The molecule has 0 bridgehead atoms. The second-order valence-electron chi connectivity index (χ2n) is 8.19. The third kappa shape index (κ3) is 6.80. The summed E-state index contributed by atoms with van der Waals surface area (Å²) in [6.07, 6.45) is 3.20. The fraction of sp³-hybridized carbons (Fsp3) is 0.667. The second-order valence-corrected chi connectivity index (χ2v) is 8.19. The van der Waals surface area contributed by atoms with Crippen molar-refractivity contribution in [1.29, 1.82) is 0 Å². The molecule has 3 fully saturated rings. The fourth-order valence-corrected chi connectivity index (χ4v) is 4.14. The van der Waals surface area contributed by atoms with Crippen molar-refractivity contribution in [3.63, 3.8) is 0 Å². The monoisotopic (exact) mass is 460 g/mol. The van der Waals surface area contributed by atoms with Crippen molar-refractivity contribution in [3.05, 3.63) is 24.4 Å². The standard InChI is InChI=1S/C19H26N2O4.C2HF3O2/c22-18(13-23-15-5-1-2-6-15)21-10-8-19(14-21)11-16(12-24-19)25-17-7-3-4-9-20-17;3-2(4,5)1(6)7/h3-4,7,9,15-16H,1-2,5-6,8,10-14H2;(H,6,7)/t16-,19+;/m1./s1. The summed E-state index contributed by atoms with van der Waals surface area (Å²) in [5.41, 5.74) is -0.261. The Labute approximate surface area is 183 Å². The quantitative estimate of drug-likeness (QED) is 0.722. The summed E-state index contributed by atoms with van der Waals surface area (Å²) < 4.78 is 49.5. The summed E-state index contributed by atoms with van der Waals surface area (Å²) in [6.45, 7) is 2.14. The zero-order chi connectivity index (χ0) is 23.2. The lowest BCUT2D eigenvalue weighted by Crippen LogP contribution is -2.38. The molecule has 11 heteroatoms. The molecular weight excluding hydrogens is 433 g/mol. The Morgan fingerprint density at radius 2 is 1.97 bits per heavy atom. The molecule has 1 aromatic heterocycles. The molecule has 8 nitrogen and oxygen atoms in total. The topological polar surface area (TPSA) is 98.2 Å². The van der Waals surface area contributed by atoms with E-state index in [1.165, 1.54) is 12.8 Å². The summed E-state index contributed by atoms with van der Waals surface area (Å²) in [4.78, 5) is 27.4. The number of carbonyl (C=O) groups is 2. The number of hydrogen-bond acceptors (Lipinski definition) is 6. The fourth-order valence-electron chi connectivity index (χ4n) is 4.14. The van der Waals surface area contributed by atoms with E-state index in [1.54, 1.807) is 6.20 Å². The van der Waals surface area contributed by atoms with E-state index in [9.17, 15) is 18.0 Å². The average Bonchev–Trinajstić information content (AvgIpc) is 3.49. The maximum atomic E-state index is 12.4. The first-order valence-corrected chi connectivity index (χ1v) is 10.6. The van der Waals surface area contributed by atoms with Crippen LogP contribution >= 0.6 is 0 Å². The minimum Gasteiger partial charge on any atom is -0.475 e. The SMILES string of the molecule is O=C(COC1CCCC1)N1CC[C@]2(C[C@@H](Oc3ccccn3)CO2)C1.O=C(O)C(F)(F)F. The summed E-state index contributed by atoms with van der Waals surface area (Å²) in [5.74, 6) is -2.04. The molecule has 2 saturated heterocycles. The van der Waals surface area contributed by atoms with E-state index < -0.39 is 12.1 Å². The number of amides is 1. The number of hydrogen-bond donors (Lipinski definition) is 1. The molecule has 1 saturated carbocycles. The van der Waals surface area contributed by atoms with Crippen molar-refractivity contribution in [1.82, 2.24) is 9.88 Å². The molecule has 178 valence electrons. The Morgan fingerprint density at radius 1 is 1.25 bits per heavy atom. The van der Waals surface area contributed by atoms with Crippen LogP contribution in [-0.2, 0) is 19.1 Å². The van der Waals surface area contributed by atoms with Crippen LogP contribution in [0.4, 0.5) is 13.2 Å². The number of pyridine rings is 1. The van der Waals surface area contributed by atoms with Gasteiger partial charge in [-0.3, -0.25) is 4.79 Å². The van der Waals surface area contributed by atoms with Gasteiger partial charge in [-0.15, -0.1) is 0 Å². The van der Waals surface area contributed by atoms with Crippen LogP contribution in [0.2, 0.25) is 0 Å². The lowest BCUT2D eigenvalue weighted by molar-refractivity contribution is -0.192. The first kappa shape index (κ1) is 24.2. The van der Waals surface area contributed by atoms with Gasteiger partial charge >= 0.3 is 12.1 Å². The van der Waals surface area contributed by atoms with Gasteiger partial charge in [0.25, 0.3) is 0 Å². The highest BCUT2D eigenvalue weighted by Gasteiger charge is 2.47. The molecule has 3 heterocycles. The predicted octanol–water partition coefficient (Wildman–Crippen LogP) is 2.81. The van der Waals surface area contributed by atoms with Gasteiger partial charge in [0.2, 0.25) is 11.8 Å². The van der Waals surface area contributed by atoms with Gasteiger partial charge in [-0.1, -0.05) is 18.9 Å². The maximum absolute atomic E-state index is 12.4. The van der Waals surface area contributed by atoms with E-state index in [1.807, 2.05) is 23.1 Å². The third-order valence-electron chi connectivity index (χ3n) is 5.76. The molecule has 0 radical (unpaired) electrons. The molecule has 4 rings (SSSR count). The zero-order valence-electron chi connectivity index (χ0n) is 17.6. The largest absolute Gasteiger partial charge is 0.490 e. The Morgan fingerprint density at radius 3 is 2.59 bits per heavy atom. The van der Waals surface area contributed by atoms with Crippen LogP contribution in [0.15, 0.2) is 24.4 Å². The number of carboxylic acid groups (broad SMARTS) is 1. The molecule has 2 aliphatic heterocycles. The van der Waals surface area contributed by atoms with Crippen LogP contribution in [0.25, 0.3) is 0 Å². The summed E-state index contributed by atoms with van der Waals surface area (Å²) in [5, 5.41) is 7.12. The van der Waals surface area contributed by atoms with Gasteiger partial charge in [-0.2, -0.15) is 13.2 Å². The molecule has 2 atom stereocenters. The molecule has 1 spiro atoms. The van der Waals surface area contributed by atoms with Gasteiger partial charge in [-0.25, -0.2) is 9.78 Å². The van der Waals surface area contributed by atoms with Gasteiger partial charge in [0.15, 0.2) is 0 Å². The summed E-state index contributed by atoms with van der Waals surface area (Å²) in [6, 6.07) is 5.64. The van der Waals surface area contributed by atoms with Gasteiger partial charge in [0, 0.05) is 31.8 Å². The van der Waals surface area contributed by atoms with Crippen LogP contribution in [0.5, 0.6) is 5.88 Å². The number of carboxylic acids is 1. The Bertz CT molecular complexity index is 773. The van der Waals surface area contributed by atoms with Crippen LogP contribution in [0, 0.1) is 0 Å². The van der Waals surface area contributed by atoms with Gasteiger partial charge in [0.1, 0.15) is 12.7 Å². The van der Waals surface area contributed by atoms with Crippen LogP contribution in [-0.4, -0.2) is 77.2 Å². The number of carbonyl (C=O) groups excluding carboxylic acids is 1. The lowest BCUT2D eigenvalue weighted by Gasteiger charge is -2.23. The van der Waals surface area contributed by atoms with E-state index in [0.29, 0.717) is 19.0 Å². The molecule has 1 aromatic rings. The van der Waals surface area contributed by atoms with E-state index in [-0.39, 0.29) is 30.3 Å². The number of rotatable bonds is 5. The molecule has 0 unspecified atom stereocenters. The highest BCUT2D eigenvalue weighted by Crippen LogP contribution is 2.36. The van der Waals surface area contributed by atoms with E-state index in [4.69, 9.17) is 24.1 Å². The molecule has 0 aromatic carbocycles. The van der Waals surface area contributed by atoms with Crippen molar-refractivity contribution in [2.24, 2.45) is 0 Å². The highest BCUT2D eigenvalue weighted by molar-refractivity contribution is 5.78. The highest BCUT2D eigenvalue weighted by atomic mass is 19.4. The lowest BCUT2D eigenvalue weighted by atomic mass is 9.98. The first-order chi connectivity index (χ1) is 15.2. The number of aliphatic carboxylic acids is 1. The number of nitrogens with zero attached hydrogens (tertiary/aromatic N) is 2. The zero-order valence-corrected chi connectivity index (χ0v) is 17.6. The summed E-state index contributed by atoms with van der Waals surface area (Å²) >= 11 is 0. The van der Waals surface area contributed by atoms with Crippen molar-refractivity contribution >= 4 is 11.9 Å². The van der Waals surface area contributed by atoms with Crippen molar-refractivity contribution in [2.75, 3.05) is 26.3 Å². The molecule has 1 aliphatic carbocycles. The molecule has 1 N–H and O–H groups in total. The number of alkyl halides is 3. The molecule has 32 heavy (non-hydrogen) atoms. The van der Waals surface area contributed by atoms with Gasteiger partial charge in [-0.05, 0) is 25.3 Å². The smallest absolute Gasteiger partial charge is 0.475 e. The maximum Gasteiger partial charge on any atom is 0.490 e. The Hall–Kier alpha value is -2.40. The molecule has 1 amide bonds. The number of ether oxygens (including phenoxy) is 3. The van der Waals surface area contributed by atoms with Gasteiger partial charge < -0.3 is 24.2 Å². The Balaban J connectivity index is 0.000000360. The normalized spacial score (nSPS) is 25.6. The van der Waals surface area contributed by atoms with Crippen LogP contribution in [0.1, 0.15) is 38.5 Å². The first-order valence-electron chi connectivity index (χ1n) is 10.6. The van der Waals surface area contributed by atoms with Crippen molar-refractivity contribution in [3.8, 4) is 5.88 Å². The van der Waals surface area contributed by atoms with E-state index in [0.717, 1.165) is 32.2 Å². The summed E-state index contributed by atoms with van der Waals surface area (Å²) in [7, 11) is 0. The van der Waals surface area contributed by atoms with Crippen LogP contribution in [0.3, 0.4) is 0 Å². The minimum atomic E-state index is -5.08. The number of aromatic nitrogens is 1. The molecule has 3 aliphatic rings. The predicted molar refractivity (Wildman–Crippen MR) is 105 cm³/mol. The van der Waals surface area contributed by atoms with Crippen molar-refractivity contribution < 1.29 is 42.1 Å². The average molecular weight is 460 g/mol. The number of likely N-dealkylation sites (tertiary alicyclic amines) is 1.